The Morgan fingerprint density at radius 3 is 2.35 bits per heavy atom. The van der Waals surface area contributed by atoms with E-state index in [1.807, 2.05) is 30.3 Å². The second-order valence-corrected chi connectivity index (χ2v) is 6.11. The summed E-state index contributed by atoms with van der Waals surface area (Å²) in [5.74, 6) is 0.953. The monoisotopic (exact) mass is 346 g/mol. The number of carbonyl (C=O) groups excluding carboxylic acids is 1. The molecule has 0 aliphatic rings. The molecular weight excluding hydrogens is 324 g/mol. The van der Waals surface area contributed by atoms with E-state index in [0.717, 1.165) is 12.2 Å². The molecule has 1 amide bonds. The van der Waals surface area contributed by atoms with Crippen LogP contribution in [0, 0.1) is 0 Å². The van der Waals surface area contributed by atoms with Crippen LogP contribution >= 0.6 is 0 Å². The molecule has 0 saturated heterocycles. The van der Waals surface area contributed by atoms with Crippen LogP contribution in [0.4, 0.5) is 0 Å². The van der Waals surface area contributed by atoms with Crippen molar-refractivity contribution in [1.82, 2.24) is 10.3 Å². The number of pyridine rings is 1. The number of nitrogens with one attached hydrogen (secondary N) is 1. The van der Waals surface area contributed by atoms with Crippen LogP contribution in [0.5, 0.6) is 5.75 Å². The first-order valence-corrected chi connectivity index (χ1v) is 8.62. The summed E-state index contributed by atoms with van der Waals surface area (Å²) in [6, 6.07) is 21.8. The molecule has 1 N–H and O–H groups in total. The van der Waals surface area contributed by atoms with Crippen molar-refractivity contribution in [2.45, 2.75) is 12.3 Å². The first-order chi connectivity index (χ1) is 12.8. The van der Waals surface area contributed by atoms with Crippen LogP contribution < -0.4 is 10.1 Å². The SMILES string of the molecule is COc1ccc(CC(CNC(=O)c2ccncc2)c2ccccc2)cc1. The third-order valence-corrected chi connectivity index (χ3v) is 4.36. The van der Waals surface area contributed by atoms with Crippen LogP contribution in [-0.2, 0) is 6.42 Å². The zero-order chi connectivity index (χ0) is 18.2. The Bertz CT molecular complexity index is 818. The average molecular weight is 346 g/mol. The Labute approximate surface area is 153 Å². The van der Waals surface area contributed by atoms with E-state index in [1.54, 1.807) is 31.6 Å². The number of ether oxygens (including phenoxy) is 1. The molecule has 0 aliphatic heterocycles. The van der Waals surface area contributed by atoms with Gasteiger partial charge in [-0.2, -0.15) is 0 Å². The fraction of sp³-hybridized carbons (Fsp3) is 0.182. The average Bonchev–Trinajstić information content (AvgIpc) is 2.72. The number of hydrogen-bond acceptors (Lipinski definition) is 3. The summed E-state index contributed by atoms with van der Waals surface area (Å²) in [5.41, 5.74) is 3.03. The molecule has 1 aromatic heterocycles. The maximum atomic E-state index is 12.4. The van der Waals surface area contributed by atoms with Crippen molar-refractivity contribution in [3.05, 3.63) is 95.8 Å². The molecule has 4 heteroatoms. The van der Waals surface area contributed by atoms with Crippen molar-refractivity contribution < 1.29 is 9.53 Å². The molecule has 0 spiro atoms. The van der Waals surface area contributed by atoms with E-state index in [-0.39, 0.29) is 11.8 Å². The third kappa shape index (κ3) is 4.70. The molecule has 1 unspecified atom stereocenters. The Hall–Kier alpha value is -3.14. The predicted molar refractivity (Wildman–Crippen MR) is 102 cm³/mol. The van der Waals surface area contributed by atoms with E-state index < -0.39 is 0 Å². The molecule has 0 aliphatic carbocycles. The van der Waals surface area contributed by atoms with Gasteiger partial charge in [0.25, 0.3) is 5.91 Å². The van der Waals surface area contributed by atoms with Crippen LogP contribution in [0.15, 0.2) is 79.1 Å². The van der Waals surface area contributed by atoms with E-state index in [4.69, 9.17) is 4.74 Å². The highest BCUT2D eigenvalue weighted by molar-refractivity contribution is 5.93. The van der Waals surface area contributed by atoms with Gasteiger partial charge in [0, 0.05) is 30.4 Å². The minimum absolute atomic E-state index is 0.0805. The van der Waals surface area contributed by atoms with Gasteiger partial charge in [-0.25, -0.2) is 0 Å². The number of rotatable bonds is 7. The highest BCUT2D eigenvalue weighted by atomic mass is 16.5. The lowest BCUT2D eigenvalue weighted by Gasteiger charge is -2.19. The second-order valence-electron chi connectivity index (χ2n) is 6.11. The van der Waals surface area contributed by atoms with Crippen molar-refractivity contribution in [2.75, 3.05) is 13.7 Å². The zero-order valence-electron chi connectivity index (χ0n) is 14.8. The van der Waals surface area contributed by atoms with Gasteiger partial charge in [0.1, 0.15) is 5.75 Å². The number of benzene rings is 2. The van der Waals surface area contributed by atoms with Crippen molar-refractivity contribution in [3.63, 3.8) is 0 Å². The van der Waals surface area contributed by atoms with E-state index in [2.05, 4.69) is 34.6 Å². The number of carbonyl (C=O) groups is 1. The molecule has 0 radical (unpaired) electrons. The van der Waals surface area contributed by atoms with Gasteiger partial charge in [-0.3, -0.25) is 9.78 Å². The van der Waals surface area contributed by atoms with Crippen LogP contribution in [-0.4, -0.2) is 24.5 Å². The quantitative estimate of drug-likeness (QED) is 0.707. The summed E-state index contributed by atoms with van der Waals surface area (Å²) in [5, 5.41) is 3.05. The molecule has 0 bridgehead atoms. The minimum atomic E-state index is -0.0805. The van der Waals surface area contributed by atoms with Gasteiger partial charge in [0.05, 0.1) is 7.11 Å². The summed E-state index contributed by atoms with van der Waals surface area (Å²) < 4.78 is 5.22. The molecule has 4 nitrogen and oxygen atoms in total. The highest BCUT2D eigenvalue weighted by Gasteiger charge is 2.14. The number of methoxy groups -OCH3 is 1. The van der Waals surface area contributed by atoms with Crippen molar-refractivity contribution >= 4 is 5.91 Å². The molecule has 3 rings (SSSR count). The molecule has 132 valence electrons. The van der Waals surface area contributed by atoms with Gasteiger partial charge in [0.2, 0.25) is 0 Å². The van der Waals surface area contributed by atoms with Crippen molar-refractivity contribution in [2.24, 2.45) is 0 Å². The Balaban J connectivity index is 1.72. The first kappa shape index (κ1) is 17.7. The van der Waals surface area contributed by atoms with Crippen LogP contribution in [0.25, 0.3) is 0 Å². The summed E-state index contributed by atoms with van der Waals surface area (Å²) in [7, 11) is 1.66. The van der Waals surface area contributed by atoms with E-state index in [1.165, 1.54) is 11.1 Å². The molecule has 26 heavy (non-hydrogen) atoms. The van der Waals surface area contributed by atoms with E-state index >= 15 is 0 Å². The maximum absolute atomic E-state index is 12.4. The molecule has 2 aromatic carbocycles. The number of hydrogen-bond donors (Lipinski definition) is 1. The maximum Gasteiger partial charge on any atom is 0.251 e. The summed E-state index contributed by atoms with van der Waals surface area (Å²) in [6.07, 6.45) is 4.09. The van der Waals surface area contributed by atoms with Gasteiger partial charge < -0.3 is 10.1 Å². The normalized spacial score (nSPS) is 11.6. The zero-order valence-corrected chi connectivity index (χ0v) is 14.8. The third-order valence-electron chi connectivity index (χ3n) is 4.36. The van der Waals surface area contributed by atoms with Crippen LogP contribution in [0.3, 0.4) is 0 Å². The van der Waals surface area contributed by atoms with Gasteiger partial charge in [0.15, 0.2) is 0 Å². The Kier molecular flexibility index (Phi) is 5.99. The summed E-state index contributed by atoms with van der Waals surface area (Å²) in [6.45, 7) is 0.567. The molecular formula is C22H22N2O2. The van der Waals surface area contributed by atoms with Gasteiger partial charge in [-0.15, -0.1) is 0 Å². The lowest BCUT2D eigenvalue weighted by Crippen LogP contribution is -2.29. The lowest BCUT2D eigenvalue weighted by molar-refractivity contribution is 0.0951. The van der Waals surface area contributed by atoms with E-state index in [0.29, 0.717) is 12.1 Å². The molecule has 3 aromatic rings. The van der Waals surface area contributed by atoms with Gasteiger partial charge in [-0.1, -0.05) is 42.5 Å². The number of nitrogens with zero attached hydrogens (tertiary/aromatic N) is 1. The highest BCUT2D eigenvalue weighted by Crippen LogP contribution is 2.22. The molecule has 0 fully saturated rings. The van der Waals surface area contributed by atoms with Crippen LogP contribution in [0.1, 0.15) is 27.4 Å². The smallest absolute Gasteiger partial charge is 0.251 e. The standard InChI is InChI=1S/C22H22N2O2/c1-26-21-9-7-17(8-10-21)15-20(18-5-3-2-4-6-18)16-24-22(25)19-11-13-23-14-12-19/h2-14,20H,15-16H2,1H3,(H,24,25). The van der Waals surface area contributed by atoms with Crippen molar-refractivity contribution in [1.29, 1.82) is 0 Å². The van der Waals surface area contributed by atoms with Gasteiger partial charge >= 0.3 is 0 Å². The summed E-state index contributed by atoms with van der Waals surface area (Å²) >= 11 is 0. The fourth-order valence-corrected chi connectivity index (χ4v) is 2.90. The topological polar surface area (TPSA) is 51.2 Å². The second kappa shape index (κ2) is 8.81. The van der Waals surface area contributed by atoms with E-state index in [9.17, 15) is 4.79 Å². The molecule has 0 saturated carbocycles. The largest absolute Gasteiger partial charge is 0.497 e. The van der Waals surface area contributed by atoms with Crippen molar-refractivity contribution in [3.8, 4) is 5.75 Å². The Morgan fingerprint density at radius 2 is 1.69 bits per heavy atom. The van der Waals surface area contributed by atoms with Crippen LogP contribution in [0.2, 0.25) is 0 Å². The van der Waals surface area contributed by atoms with Gasteiger partial charge in [-0.05, 0) is 41.8 Å². The lowest BCUT2D eigenvalue weighted by atomic mass is 9.92. The summed E-state index contributed by atoms with van der Waals surface area (Å²) in [4.78, 5) is 16.3. The molecule has 1 atom stereocenters. The predicted octanol–water partition coefficient (Wildman–Crippen LogP) is 3.85. The number of aromatic nitrogens is 1. The number of amides is 1. The fourth-order valence-electron chi connectivity index (χ4n) is 2.90. The minimum Gasteiger partial charge on any atom is -0.497 e. The first-order valence-electron chi connectivity index (χ1n) is 8.62. The Morgan fingerprint density at radius 1 is 1.00 bits per heavy atom. The molecule has 1 heterocycles.